The molecule has 0 radical (unpaired) electrons. The first-order valence-corrected chi connectivity index (χ1v) is 5.97. The number of carbonyl (C=O) groups excluding carboxylic acids is 1. The monoisotopic (exact) mass is 228 g/mol. The maximum Gasteiger partial charge on any atom is 0.216 e. The average Bonchev–Trinajstić information content (AvgIpc) is 2.25. The standard InChI is InChI=1S/C11H20N2O3/c1-9(14)12-8-2-3-10-4-6-11(7-5-10)13(15)16/h10-11H,2-8H2,1H3,(H,12,14). The Bertz CT molecular complexity index is 248. The summed E-state index contributed by atoms with van der Waals surface area (Å²) in [5.41, 5.74) is 0. The van der Waals surface area contributed by atoms with E-state index in [0.717, 1.165) is 45.1 Å². The number of nitrogens with zero attached hydrogens (tertiary/aromatic N) is 1. The van der Waals surface area contributed by atoms with Crippen LogP contribution < -0.4 is 5.32 Å². The van der Waals surface area contributed by atoms with E-state index >= 15 is 0 Å². The van der Waals surface area contributed by atoms with Gasteiger partial charge in [-0.1, -0.05) is 0 Å². The third kappa shape index (κ3) is 4.59. The summed E-state index contributed by atoms with van der Waals surface area (Å²) in [5, 5.41) is 13.3. The van der Waals surface area contributed by atoms with Crippen molar-refractivity contribution in [1.29, 1.82) is 0 Å². The molecule has 16 heavy (non-hydrogen) atoms. The van der Waals surface area contributed by atoms with Crippen molar-refractivity contribution >= 4 is 5.91 Å². The first kappa shape index (κ1) is 12.9. The van der Waals surface area contributed by atoms with E-state index in [1.54, 1.807) is 0 Å². The highest BCUT2D eigenvalue weighted by Gasteiger charge is 2.27. The number of hydrogen-bond acceptors (Lipinski definition) is 3. The van der Waals surface area contributed by atoms with Gasteiger partial charge >= 0.3 is 0 Å². The second-order valence-electron chi connectivity index (χ2n) is 4.59. The van der Waals surface area contributed by atoms with Gasteiger partial charge in [-0.15, -0.1) is 0 Å². The maximum atomic E-state index is 10.6. The van der Waals surface area contributed by atoms with E-state index in [1.165, 1.54) is 6.92 Å². The highest BCUT2D eigenvalue weighted by molar-refractivity contribution is 5.72. The van der Waals surface area contributed by atoms with Crippen LogP contribution >= 0.6 is 0 Å². The van der Waals surface area contributed by atoms with Crippen LogP contribution in [0.2, 0.25) is 0 Å². The van der Waals surface area contributed by atoms with Crippen LogP contribution in [-0.2, 0) is 4.79 Å². The molecule has 0 atom stereocenters. The van der Waals surface area contributed by atoms with Crippen molar-refractivity contribution in [2.24, 2.45) is 5.92 Å². The molecule has 1 fully saturated rings. The van der Waals surface area contributed by atoms with Gasteiger partial charge in [0, 0.05) is 31.2 Å². The number of amides is 1. The first-order valence-electron chi connectivity index (χ1n) is 5.97. The molecule has 0 unspecified atom stereocenters. The van der Waals surface area contributed by atoms with E-state index in [1.807, 2.05) is 0 Å². The number of nitrogens with one attached hydrogen (secondary N) is 1. The lowest BCUT2D eigenvalue weighted by Crippen LogP contribution is -2.27. The minimum Gasteiger partial charge on any atom is -0.356 e. The summed E-state index contributed by atoms with van der Waals surface area (Å²) >= 11 is 0. The van der Waals surface area contributed by atoms with Crippen LogP contribution in [0.15, 0.2) is 0 Å². The molecule has 0 bridgehead atoms. The number of hydrogen-bond donors (Lipinski definition) is 1. The third-order valence-electron chi connectivity index (χ3n) is 3.28. The second kappa shape index (κ2) is 6.45. The Morgan fingerprint density at radius 1 is 1.38 bits per heavy atom. The molecule has 1 aliphatic rings. The maximum absolute atomic E-state index is 10.6. The Labute approximate surface area is 95.7 Å². The fourth-order valence-electron chi connectivity index (χ4n) is 2.30. The van der Waals surface area contributed by atoms with Gasteiger partial charge in [0.05, 0.1) is 0 Å². The fraction of sp³-hybridized carbons (Fsp3) is 0.909. The largest absolute Gasteiger partial charge is 0.356 e. The van der Waals surface area contributed by atoms with Crippen LogP contribution in [0.25, 0.3) is 0 Å². The predicted molar refractivity (Wildman–Crippen MR) is 60.7 cm³/mol. The summed E-state index contributed by atoms with van der Waals surface area (Å²) in [6, 6.07) is -0.313. The van der Waals surface area contributed by atoms with Gasteiger partial charge in [0.2, 0.25) is 11.9 Å². The molecule has 1 aliphatic carbocycles. The van der Waals surface area contributed by atoms with Gasteiger partial charge in [0.1, 0.15) is 0 Å². The van der Waals surface area contributed by atoms with Crippen molar-refractivity contribution in [1.82, 2.24) is 5.32 Å². The van der Waals surface area contributed by atoms with Gasteiger partial charge < -0.3 is 5.32 Å². The van der Waals surface area contributed by atoms with Crippen LogP contribution in [0.5, 0.6) is 0 Å². The molecule has 0 spiro atoms. The van der Waals surface area contributed by atoms with E-state index in [-0.39, 0.29) is 16.9 Å². The molecular weight excluding hydrogens is 208 g/mol. The van der Waals surface area contributed by atoms with Crippen molar-refractivity contribution in [3.8, 4) is 0 Å². The van der Waals surface area contributed by atoms with Crippen LogP contribution in [0, 0.1) is 16.0 Å². The molecule has 0 heterocycles. The highest BCUT2D eigenvalue weighted by atomic mass is 16.6. The molecular formula is C11H20N2O3. The van der Waals surface area contributed by atoms with E-state index in [4.69, 9.17) is 0 Å². The predicted octanol–water partition coefficient (Wildman–Crippen LogP) is 1.74. The Balaban J connectivity index is 2.08. The molecule has 0 aromatic rings. The molecule has 0 saturated heterocycles. The SMILES string of the molecule is CC(=O)NCCCC1CCC([N+](=O)[O-])CC1. The van der Waals surface area contributed by atoms with Crippen molar-refractivity contribution in [3.63, 3.8) is 0 Å². The van der Waals surface area contributed by atoms with Gasteiger partial charge in [-0.05, 0) is 31.6 Å². The van der Waals surface area contributed by atoms with Crippen molar-refractivity contribution in [2.45, 2.75) is 51.5 Å². The zero-order valence-corrected chi connectivity index (χ0v) is 9.78. The Morgan fingerprint density at radius 3 is 2.50 bits per heavy atom. The summed E-state index contributed by atoms with van der Waals surface area (Å²) in [6.07, 6.45) is 5.42. The van der Waals surface area contributed by atoms with Gasteiger partial charge in [-0.2, -0.15) is 0 Å². The lowest BCUT2D eigenvalue weighted by atomic mass is 9.83. The molecule has 1 saturated carbocycles. The summed E-state index contributed by atoms with van der Waals surface area (Å²) < 4.78 is 0. The first-order chi connectivity index (χ1) is 7.59. The van der Waals surface area contributed by atoms with Gasteiger partial charge in [-0.3, -0.25) is 14.9 Å². The molecule has 5 heteroatoms. The molecule has 0 aromatic heterocycles. The normalized spacial score (nSPS) is 25.1. The van der Waals surface area contributed by atoms with Gasteiger partial charge in [0.25, 0.3) is 0 Å². The summed E-state index contributed by atoms with van der Waals surface area (Å²) in [7, 11) is 0. The highest BCUT2D eigenvalue weighted by Crippen LogP contribution is 2.28. The minimum absolute atomic E-state index is 0.0112. The lowest BCUT2D eigenvalue weighted by Gasteiger charge is -2.23. The molecule has 92 valence electrons. The smallest absolute Gasteiger partial charge is 0.216 e. The topological polar surface area (TPSA) is 72.2 Å². The molecule has 1 rings (SSSR count). The van der Waals surface area contributed by atoms with E-state index in [2.05, 4.69) is 5.32 Å². The molecule has 5 nitrogen and oxygen atoms in total. The van der Waals surface area contributed by atoms with Crippen LogP contribution in [0.1, 0.15) is 45.4 Å². The third-order valence-corrected chi connectivity index (χ3v) is 3.28. The van der Waals surface area contributed by atoms with E-state index in [9.17, 15) is 14.9 Å². The quantitative estimate of drug-likeness (QED) is 0.442. The lowest BCUT2D eigenvalue weighted by molar-refractivity contribution is -0.527. The van der Waals surface area contributed by atoms with Crippen LogP contribution in [0.4, 0.5) is 0 Å². The Hall–Kier alpha value is -1.13. The van der Waals surface area contributed by atoms with Gasteiger partial charge in [-0.25, -0.2) is 0 Å². The summed E-state index contributed by atoms with van der Waals surface area (Å²) in [5.74, 6) is 0.627. The number of rotatable bonds is 5. The molecule has 1 amide bonds. The number of nitro groups is 1. The zero-order valence-electron chi connectivity index (χ0n) is 9.78. The fourth-order valence-corrected chi connectivity index (χ4v) is 2.30. The molecule has 0 aromatic carbocycles. The zero-order chi connectivity index (χ0) is 12.0. The van der Waals surface area contributed by atoms with Crippen molar-refractivity contribution < 1.29 is 9.72 Å². The van der Waals surface area contributed by atoms with Crippen molar-refractivity contribution in [2.75, 3.05) is 6.54 Å². The summed E-state index contributed by atoms with van der Waals surface area (Å²) in [4.78, 5) is 21.0. The second-order valence-corrected chi connectivity index (χ2v) is 4.59. The van der Waals surface area contributed by atoms with E-state index in [0.29, 0.717) is 5.92 Å². The van der Waals surface area contributed by atoms with Crippen LogP contribution in [-0.4, -0.2) is 23.4 Å². The minimum atomic E-state index is -0.313. The average molecular weight is 228 g/mol. The summed E-state index contributed by atoms with van der Waals surface area (Å²) in [6.45, 7) is 2.24. The van der Waals surface area contributed by atoms with Crippen molar-refractivity contribution in [3.05, 3.63) is 10.1 Å². The van der Waals surface area contributed by atoms with E-state index < -0.39 is 0 Å². The number of carbonyl (C=O) groups is 1. The molecule has 0 aliphatic heterocycles. The van der Waals surface area contributed by atoms with Crippen LogP contribution in [0.3, 0.4) is 0 Å². The Kier molecular flexibility index (Phi) is 5.22. The van der Waals surface area contributed by atoms with Gasteiger partial charge in [0.15, 0.2) is 0 Å². The molecule has 1 N–H and O–H groups in total. The Morgan fingerprint density at radius 2 is 2.00 bits per heavy atom.